The quantitative estimate of drug-likeness (QED) is 0.804. The van der Waals surface area contributed by atoms with Crippen LogP contribution in [-0.4, -0.2) is 16.2 Å². The second kappa shape index (κ2) is 5.05. The van der Waals surface area contributed by atoms with Crippen LogP contribution in [0.4, 0.5) is 4.39 Å². The third-order valence-electron chi connectivity index (χ3n) is 2.38. The largest absolute Gasteiger partial charge is 0.392 e. The molecule has 2 nitrogen and oxygen atoms in total. The monoisotopic (exact) mass is 197 g/mol. The summed E-state index contributed by atoms with van der Waals surface area (Å²) in [5.41, 5.74) is 0.743. The Morgan fingerprint density at radius 1 is 1.50 bits per heavy atom. The minimum absolute atomic E-state index is 0.0319. The van der Waals surface area contributed by atoms with E-state index >= 15 is 0 Å². The summed E-state index contributed by atoms with van der Waals surface area (Å²) < 4.78 is 12.6. The van der Waals surface area contributed by atoms with Crippen molar-refractivity contribution >= 4 is 0 Å². The van der Waals surface area contributed by atoms with Crippen molar-refractivity contribution in [2.45, 2.75) is 38.7 Å². The molecule has 0 bridgehead atoms. The fourth-order valence-electron chi connectivity index (χ4n) is 1.40. The van der Waals surface area contributed by atoms with Crippen LogP contribution in [0.25, 0.3) is 0 Å². The van der Waals surface area contributed by atoms with Crippen molar-refractivity contribution in [3.8, 4) is 0 Å². The van der Waals surface area contributed by atoms with Gasteiger partial charge in [-0.3, -0.25) is 4.98 Å². The number of aliphatic hydroxyl groups is 1. The highest BCUT2D eigenvalue weighted by Gasteiger charge is 2.16. The number of pyridine rings is 1. The summed E-state index contributed by atoms with van der Waals surface area (Å²) in [5, 5.41) is 9.71. The van der Waals surface area contributed by atoms with Crippen LogP contribution in [0.1, 0.15) is 38.3 Å². The minimum Gasteiger partial charge on any atom is -0.392 e. The molecule has 1 aromatic rings. The summed E-state index contributed by atoms with van der Waals surface area (Å²) in [7, 11) is 0. The lowest BCUT2D eigenvalue weighted by Gasteiger charge is -2.17. The number of hydrogen-bond acceptors (Lipinski definition) is 2. The summed E-state index contributed by atoms with van der Waals surface area (Å²) in [5.74, 6) is -0.374. The molecule has 0 aliphatic carbocycles. The topological polar surface area (TPSA) is 33.1 Å². The van der Waals surface area contributed by atoms with E-state index in [9.17, 15) is 9.50 Å². The lowest BCUT2D eigenvalue weighted by molar-refractivity contribution is 0.137. The maximum absolute atomic E-state index is 12.6. The van der Waals surface area contributed by atoms with Crippen molar-refractivity contribution in [2.24, 2.45) is 0 Å². The average Bonchev–Trinajstić information content (AvgIpc) is 2.18. The van der Waals surface area contributed by atoms with Gasteiger partial charge in [-0.1, -0.05) is 20.3 Å². The molecular weight excluding hydrogens is 181 g/mol. The highest BCUT2D eigenvalue weighted by Crippen LogP contribution is 2.19. The summed E-state index contributed by atoms with van der Waals surface area (Å²) >= 11 is 0. The van der Waals surface area contributed by atoms with Crippen molar-refractivity contribution in [1.29, 1.82) is 0 Å². The molecular formula is C11H16FNO. The number of aromatic nitrogens is 1. The van der Waals surface area contributed by atoms with Crippen molar-refractivity contribution in [1.82, 2.24) is 4.98 Å². The van der Waals surface area contributed by atoms with Gasteiger partial charge in [0.25, 0.3) is 0 Å². The van der Waals surface area contributed by atoms with Crippen LogP contribution in [-0.2, 0) is 0 Å². The maximum Gasteiger partial charge on any atom is 0.141 e. The predicted molar refractivity (Wildman–Crippen MR) is 53.5 cm³/mol. The standard InChI is InChI=1S/C11H16FNO/c1-3-4-11(14)8(2)10-6-5-9(12)7-13-10/h5-8,11,14H,3-4H2,1-2H3. The molecule has 1 N–H and O–H groups in total. The predicted octanol–water partition coefficient (Wildman–Crippen LogP) is 2.49. The van der Waals surface area contributed by atoms with Crippen molar-refractivity contribution < 1.29 is 9.50 Å². The fourth-order valence-corrected chi connectivity index (χ4v) is 1.40. The van der Waals surface area contributed by atoms with Crippen LogP contribution in [0.2, 0.25) is 0 Å². The Kier molecular flexibility index (Phi) is 4.01. The first-order valence-electron chi connectivity index (χ1n) is 4.94. The lowest BCUT2D eigenvalue weighted by atomic mass is 9.97. The summed E-state index contributed by atoms with van der Waals surface area (Å²) in [6.07, 6.45) is 2.48. The highest BCUT2D eigenvalue weighted by atomic mass is 19.1. The SMILES string of the molecule is CCCC(O)C(C)c1ccc(F)cn1. The summed E-state index contributed by atoms with van der Waals surface area (Å²) in [6.45, 7) is 3.93. The summed E-state index contributed by atoms with van der Waals surface area (Å²) in [4.78, 5) is 3.95. The molecule has 1 heterocycles. The zero-order valence-electron chi connectivity index (χ0n) is 8.57. The minimum atomic E-state index is -0.391. The second-order valence-corrected chi connectivity index (χ2v) is 3.55. The number of halogens is 1. The van der Waals surface area contributed by atoms with Gasteiger partial charge in [-0.05, 0) is 18.6 Å². The van der Waals surface area contributed by atoms with Gasteiger partial charge in [0.05, 0.1) is 12.3 Å². The summed E-state index contributed by atoms with van der Waals surface area (Å²) in [6, 6.07) is 3.00. The van der Waals surface area contributed by atoms with E-state index in [0.717, 1.165) is 18.5 Å². The average molecular weight is 197 g/mol. The zero-order valence-corrected chi connectivity index (χ0v) is 8.57. The Morgan fingerprint density at radius 2 is 2.21 bits per heavy atom. The van der Waals surface area contributed by atoms with Crippen LogP contribution >= 0.6 is 0 Å². The van der Waals surface area contributed by atoms with E-state index in [1.807, 2.05) is 13.8 Å². The molecule has 0 aliphatic rings. The number of hydrogen-bond donors (Lipinski definition) is 1. The molecule has 14 heavy (non-hydrogen) atoms. The first-order chi connectivity index (χ1) is 6.65. The molecule has 0 saturated heterocycles. The first kappa shape index (κ1) is 11.1. The van der Waals surface area contributed by atoms with E-state index in [1.165, 1.54) is 12.3 Å². The molecule has 0 aromatic carbocycles. The van der Waals surface area contributed by atoms with Crippen molar-refractivity contribution in [3.05, 3.63) is 29.8 Å². The van der Waals surface area contributed by atoms with Gasteiger partial charge in [0.15, 0.2) is 0 Å². The molecule has 2 atom stereocenters. The third-order valence-corrected chi connectivity index (χ3v) is 2.38. The number of nitrogens with zero attached hydrogens (tertiary/aromatic N) is 1. The Bertz CT molecular complexity index is 273. The Hall–Kier alpha value is -0.960. The van der Waals surface area contributed by atoms with Crippen LogP contribution in [0.15, 0.2) is 18.3 Å². The molecule has 0 spiro atoms. The Labute approximate surface area is 83.8 Å². The van der Waals surface area contributed by atoms with Gasteiger partial charge in [-0.2, -0.15) is 0 Å². The van der Waals surface area contributed by atoms with Gasteiger partial charge in [0.1, 0.15) is 5.82 Å². The van der Waals surface area contributed by atoms with E-state index in [1.54, 1.807) is 6.07 Å². The van der Waals surface area contributed by atoms with Crippen LogP contribution < -0.4 is 0 Å². The van der Waals surface area contributed by atoms with Crippen molar-refractivity contribution in [3.63, 3.8) is 0 Å². The molecule has 2 unspecified atom stereocenters. The maximum atomic E-state index is 12.6. The van der Waals surface area contributed by atoms with E-state index in [-0.39, 0.29) is 11.7 Å². The molecule has 1 rings (SSSR count). The molecule has 1 aromatic heterocycles. The highest BCUT2D eigenvalue weighted by molar-refractivity contribution is 5.11. The molecule has 0 fully saturated rings. The normalized spacial score (nSPS) is 15.1. The number of aliphatic hydroxyl groups excluding tert-OH is 1. The van der Waals surface area contributed by atoms with Gasteiger partial charge < -0.3 is 5.11 Å². The smallest absolute Gasteiger partial charge is 0.141 e. The number of rotatable bonds is 4. The van der Waals surface area contributed by atoms with Crippen LogP contribution in [0, 0.1) is 5.82 Å². The fraction of sp³-hybridized carbons (Fsp3) is 0.545. The molecule has 0 amide bonds. The van der Waals surface area contributed by atoms with Gasteiger partial charge in [0.2, 0.25) is 0 Å². The molecule has 78 valence electrons. The van der Waals surface area contributed by atoms with Crippen molar-refractivity contribution in [2.75, 3.05) is 0 Å². The third kappa shape index (κ3) is 2.77. The van der Waals surface area contributed by atoms with E-state index in [4.69, 9.17) is 0 Å². The second-order valence-electron chi connectivity index (χ2n) is 3.55. The zero-order chi connectivity index (χ0) is 10.6. The Balaban J connectivity index is 2.68. The Morgan fingerprint density at radius 3 is 2.71 bits per heavy atom. The van der Waals surface area contributed by atoms with E-state index < -0.39 is 6.10 Å². The molecule has 0 radical (unpaired) electrons. The first-order valence-corrected chi connectivity index (χ1v) is 4.94. The van der Waals surface area contributed by atoms with Gasteiger partial charge >= 0.3 is 0 Å². The lowest BCUT2D eigenvalue weighted by Crippen LogP contribution is -2.16. The van der Waals surface area contributed by atoms with Crippen LogP contribution in [0.3, 0.4) is 0 Å². The van der Waals surface area contributed by atoms with E-state index in [2.05, 4.69) is 4.98 Å². The molecule has 0 saturated carbocycles. The van der Waals surface area contributed by atoms with Crippen LogP contribution in [0.5, 0.6) is 0 Å². The molecule has 0 aliphatic heterocycles. The van der Waals surface area contributed by atoms with E-state index in [0.29, 0.717) is 0 Å². The van der Waals surface area contributed by atoms with Gasteiger partial charge in [-0.25, -0.2) is 4.39 Å². The van der Waals surface area contributed by atoms with Gasteiger partial charge in [0, 0.05) is 11.6 Å². The van der Waals surface area contributed by atoms with Gasteiger partial charge in [-0.15, -0.1) is 0 Å². The molecule has 3 heteroatoms.